The van der Waals surface area contributed by atoms with Gasteiger partial charge in [-0.05, 0) is 32.9 Å². The summed E-state index contributed by atoms with van der Waals surface area (Å²) in [4.78, 5) is 26.8. The number of hydrogen-bond acceptors (Lipinski definition) is 4. The Hall–Kier alpha value is -2.37. The van der Waals surface area contributed by atoms with Crippen LogP contribution in [0.4, 0.5) is 0 Å². The molecule has 0 aromatic carbocycles. The third-order valence-electron chi connectivity index (χ3n) is 2.31. The molecule has 2 aromatic heterocycles. The van der Waals surface area contributed by atoms with Gasteiger partial charge in [0.05, 0.1) is 5.56 Å². The number of imidazole rings is 1. The normalized spacial score (nSPS) is 11.5. The number of carboxylic acids is 1. The van der Waals surface area contributed by atoms with Gasteiger partial charge in [-0.3, -0.25) is 0 Å². The highest BCUT2D eigenvalue weighted by Gasteiger charge is 2.20. The summed E-state index contributed by atoms with van der Waals surface area (Å²) in [5.41, 5.74) is 0.169. The van der Waals surface area contributed by atoms with Gasteiger partial charge in [0, 0.05) is 12.4 Å². The number of carboxylic acid groups (broad SMARTS) is 1. The summed E-state index contributed by atoms with van der Waals surface area (Å²) < 4.78 is 6.69. The van der Waals surface area contributed by atoms with Gasteiger partial charge < -0.3 is 14.2 Å². The zero-order valence-electron chi connectivity index (χ0n) is 10.9. The average molecular weight is 262 g/mol. The number of fused-ring (bicyclic) bond motifs is 1. The Bertz CT molecular complexity index is 652. The average Bonchev–Trinajstić information content (AvgIpc) is 2.68. The first kappa shape index (κ1) is 13.1. The molecule has 0 bridgehead atoms. The molecular formula is C13H14N2O4. The first-order chi connectivity index (χ1) is 8.76. The number of pyridine rings is 1. The van der Waals surface area contributed by atoms with E-state index in [-0.39, 0.29) is 11.3 Å². The van der Waals surface area contributed by atoms with Gasteiger partial charge in [0.2, 0.25) is 0 Å². The molecule has 0 atom stereocenters. The summed E-state index contributed by atoms with van der Waals surface area (Å²) in [6, 6.07) is 2.97. The number of nitrogens with zero attached hydrogens (tertiary/aromatic N) is 2. The zero-order valence-corrected chi connectivity index (χ0v) is 10.9. The maximum Gasteiger partial charge on any atom is 0.359 e. The van der Waals surface area contributed by atoms with E-state index in [2.05, 4.69) is 4.98 Å². The number of esters is 1. The van der Waals surface area contributed by atoms with E-state index < -0.39 is 17.5 Å². The van der Waals surface area contributed by atoms with Crippen molar-refractivity contribution in [2.45, 2.75) is 26.4 Å². The maximum atomic E-state index is 11.8. The first-order valence-corrected chi connectivity index (χ1v) is 5.72. The number of hydrogen-bond donors (Lipinski definition) is 1. The van der Waals surface area contributed by atoms with Crippen molar-refractivity contribution in [3.05, 3.63) is 35.8 Å². The Morgan fingerprint density at radius 2 is 1.95 bits per heavy atom. The van der Waals surface area contributed by atoms with Crippen molar-refractivity contribution in [1.29, 1.82) is 0 Å². The van der Waals surface area contributed by atoms with E-state index in [1.807, 2.05) is 0 Å². The first-order valence-electron chi connectivity index (χ1n) is 5.72. The van der Waals surface area contributed by atoms with Crippen molar-refractivity contribution in [2.24, 2.45) is 0 Å². The highest BCUT2D eigenvalue weighted by atomic mass is 16.6. The second-order valence-electron chi connectivity index (χ2n) is 5.12. The molecule has 0 aliphatic carbocycles. The van der Waals surface area contributed by atoms with Gasteiger partial charge in [0.25, 0.3) is 0 Å². The van der Waals surface area contributed by atoms with Crippen LogP contribution in [0.25, 0.3) is 5.65 Å². The predicted octanol–water partition coefficient (Wildman–Crippen LogP) is 1.99. The minimum atomic E-state index is -1.03. The molecule has 0 unspecified atom stereocenters. The number of carbonyl (C=O) groups is 2. The summed E-state index contributed by atoms with van der Waals surface area (Å²) in [6.45, 7) is 5.30. The molecule has 0 fully saturated rings. The number of carbonyl (C=O) groups excluding carboxylic acids is 1. The van der Waals surface area contributed by atoms with E-state index in [9.17, 15) is 9.59 Å². The molecule has 6 heteroatoms. The van der Waals surface area contributed by atoms with Crippen LogP contribution in [0.5, 0.6) is 0 Å². The molecule has 100 valence electrons. The lowest BCUT2D eigenvalue weighted by atomic mass is 10.2. The van der Waals surface area contributed by atoms with Gasteiger partial charge in [0.1, 0.15) is 11.2 Å². The second-order valence-corrected chi connectivity index (χ2v) is 5.12. The standard InChI is InChI=1S/C13H14N2O4/c1-13(2,3)19-12(18)9-7-15-6-8(11(16)17)4-5-10(15)14-9/h4-7H,1-3H3,(H,16,17). The number of rotatable bonds is 2. The Morgan fingerprint density at radius 3 is 2.53 bits per heavy atom. The van der Waals surface area contributed by atoms with Crippen LogP contribution in [-0.2, 0) is 4.74 Å². The van der Waals surface area contributed by atoms with Crippen LogP contribution in [0.15, 0.2) is 24.5 Å². The Balaban J connectivity index is 2.36. The summed E-state index contributed by atoms with van der Waals surface area (Å²) in [5.74, 6) is -1.57. The topological polar surface area (TPSA) is 80.9 Å². The molecule has 19 heavy (non-hydrogen) atoms. The Morgan fingerprint density at radius 1 is 1.26 bits per heavy atom. The summed E-state index contributed by atoms with van der Waals surface area (Å²) >= 11 is 0. The molecule has 0 radical (unpaired) electrons. The summed E-state index contributed by atoms with van der Waals surface area (Å²) in [7, 11) is 0. The van der Waals surface area contributed by atoms with Crippen LogP contribution >= 0.6 is 0 Å². The number of aromatic carboxylic acids is 1. The smallest absolute Gasteiger partial charge is 0.359 e. The monoisotopic (exact) mass is 262 g/mol. The van der Waals surface area contributed by atoms with E-state index in [4.69, 9.17) is 9.84 Å². The predicted molar refractivity (Wildman–Crippen MR) is 67.3 cm³/mol. The van der Waals surface area contributed by atoms with E-state index in [1.54, 1.807) is 20.8 Å². The minimum absolute atomic E-state index is 0.126. The quantitative estimate of drug-likeness (QED) is 0.837. The molecule has 0 amide bonds. The molecule has 2 heterocycles. The Labute approximate surface area is 109 Å². The van der Waals surface area contributed by atoms with E-state index >= 15 is 0 Å². The minimum Gasteiger partial charge on any atom is -0.478 e. The van der Waals surface area contributed by atoms with E-state index in [1.165, 1.54) is 28.9 Å². The van der Waals surface area contributed by atoms with Crippen molar-refractivity contribution in [1.82, 2.24) is 9.38 Å². The summed E-state index contributed by atoms with van der Waals surface area (Å²) in [6.07, 6.45) is 2.86. The molecule has 0 aliphatic heterocycles. The molecule has 0 saturated carbocycles. The second kappa shape index (κ2) is 4.38. The molecule has 0 saturated heterocycles. The van der Waals surface area contributed by atoms with Gasteiger partial charge in [-0.15, -0.1) is 0 Å². The highest BCUT2D eigenvalue weighted by molar-refractivity contribution is 5.89. The molecule has 1 N–H and O–H groups in total. The molecule has 6 nitrogen and oxygen atoms in total. The van der Waals surface area contributed by atoms with E-state index in [0.717, 1.165) is 0 Å². The number of ether oxygens (including phenoxy) is 1. The molecule has 2 aromatic rings. The van der Waals surface area contributed by atoms with E-state index in [0.29, 0.717) is 5.65 Å². The fourth-order valence-electron chi connectivity index (χ4n) is 1.55. The van der Waals surface area contributed by atoms with Crippen molar-refractivity contribution in [3.8, 4) is 0 Å². The van der Waals surface area contributed by atoms with Gasteiger partial charge in [-0.1, -0.05) is 0 Å². The molecule has 0 aliphatic rings. The lowest BCUT2D eigenvalue weighted by molar-refractivity contribution is 0.00634. The van der Waals surface area contributed by atoms with Crippen LogP contribution in [0.1, 0.15) is 41.6 Å². The van der Waals surface area contributed by atoms with Crippen molar-refractivity contribution >= 4 is 17.6 Å². The molecular weight excluding hydrogens is 248 g/mol. The van der Waals surface area contributed by atoms with Crippen LogP contribution in [0.3, 0.4) is 0 Å². The van der Waals surface area contributed by atoms with Gasteiger partial charge >= 0.3 is 11.9 Å². The van der Waals surface area contributed by atoms with Crippen LogP contribution in [0, 0.1) is 0 Å². The fourth-order valence-corrected chi connectivity index (χ4v) is 1.55. The van der Waals surface area contributed by atoms with Crippen molar-refractivity contribution in [2.75, 3.05) is 0 Å². The van der Waals surface area contributed by atoms with Crippen molar-refractivity contribution in [3.63, 3.8) is 0 Å². The third-order valence-corrected chi connectivity index (χ3v) is 2.31. The fraction of sp³-hybridized carbons (Fsp3) is 0.308. The summed E-state index contributed by atoms with van der Waals surface area (Å²) in [5, 5.41) is 8.89. The van der Waals surface area contributed by atoms with Crippen molar-refractivity contribution < 1.29 is 19.4 Å². The van der Waals surface area contributed by atoms with Crippen LogP contribution < -0.4 is 0 Å². The lowest BCUT2D eigenvalue weighted by Crippen LogP contribution is -2.24. The van der Waals surface area contributed by atoms with Gasteiger partial charge in [-0.2, -0.15) is 0 Å². The van der Waals surface area contributed by atoms with Gasteiger partial charge in [-0.25, -0.2) is 14.6 Å². The maximum absolute atomic E-state index is 11.8. The largest absolute Gasteiger partial charge is 0.478 e. The Kier molecular flexibility index (Phi) is 3.01. The molecule has 2 rings (SSSR count). The SMILES string of the molecule is CC(C)(C)OC(=O)c1cn2cc(C(=O)O)ccc2n1. The highest BCUT2D eigenvalue weighted by Crippen LogP contribution is 2.13. The lowest BCUT2D eigenvalue weighted by Gasteiger charge is -2.18. The van der Waals surface area contributed by atoms with Crippen LogP contribution in [-0.4, -0.2) is 32.0 Å². The zero-order chi connectivity index (χ0) is 14.2. The third kappa shape index (κ3) is 2.90. The van der Waals surface area contributed by atoms with Crippen LogP contribution in [0.2, 0.25) is 0 Å². The van der Waals surface area contributed by atoms with Gasteiger partial charge in [0.15, 0.2) is 5.69 Å². The number of aromatic nitrogens is 2. The molecule has 0 spiro atoms.